The molecule has 2 heterocycles. The molecule has 2 aromatic rings. The third-order valence-electron chi connectivity index (χ3n) is 3.58. The summed E-state index contributed by atoms with van der Waals surface area (Å²) in [6.07, 6.45) is 1.70. The highest BCUT2D eigenvalue weighted by Crippen LogP contribution is 2.40. The Kier molecular flexibility index (Phi) is 3.74. The van der Waals surface area contributed by atoms with Gasteiger partial charge >= 0.3 is 0 Å². The summed E-state index contributed by atoms with van der Waals surface area (Å²) >= 11 is 6.55. The van der Waals surface area contributed by atoms with Crippen LogP contribution in [0, 0.1) is 5.82 Å². The molecule has 1 amide bonds. The van der Waals surface area contributed by atoms with Crippen molar-refractivity contribution >= 4 is 46.0 Å². The molecule has 0 spiro atoms. The lowest BCUT2D eigenvalue weighted by Gasteiger charge is -2.14. The van der Waals surface area contributed by atoms with E-state index in [4.69, 9.17) is 21.7 Å². The monoisotopic (exact) mass is 359 g/mol. The highest BCUT2D eigenvalue weighted by Gasteiger charge is 2.34. The van der Waals surface area contributed by atoms with Crippen molar-refractivity contribution in [3.8, 4) is 11.5 Å². The molecule has 0 unspecified atom stereocenters. The molecule has 0 saturated carbocycles. The Morgan fingerprint density at radius 2 is 1.88 bits per heavy atom. The molecule has 0 atom stereocenters. The average Bonchev–Trinajstić information content (AvgIpc) is 3.14. The standard InChI is InChI=1S/C17H10FNO3S2/c18-11-3-1-10(2-4-11)7-15-16(20)19(17(23)24-15)12-5-6-13-14(8-12)22-9-21-13/h1-8H,9H2. The number of anilines is 1. The first-order valence-corrected chi connectivity index (χ1v) is 8.27. The number of thioether (sulfide) groups is 1. The van der Waals surface area contributed by atoms with Crippen LogP contribution in [0.3, 0.4) is 0 Å². The highest BCUT2D eigenvalue weighted by molar-refractivity contribution is 8.27. The predicted octanol–water partition coefficient (Wildman–Crippen LogP) is 3.96. The summed E-state index contributed by atoms with van der Waals surface area (Å²) in [6, 6.07) is 11.2. The largest absolute Gasteiger partial charge is 0.454 e. The van der Waals surface area contributed by atoms with Gasteiger partial charge in [-0.25, -0.2) is 4.39 Å². The number of rotatable bonds is 2. The van der Waals surface area contributed by atoms with Crippen LogP contribution in [-0.2, 0) is 4.79 Å². The van der Waals surface area contributed by atoms with E-state index < -0.39 is 0 Å². The first kappa shape index (κ1) is 15.2. The summed E-state index contributed by atoms with van der Waals surface area (Å²) in [5, 5.41) is 0. The number of ether oxygens (including phenoxy) is 2. The van der Waals surface area contributed by atoms with Crippen LogP contribution in [0.1, 0.15) is 5.56 Å². The summed E-state index contributed by atoms with van der Waals surface area (Å²) in [4.78, 5) is 14.6. The number of halogens is 1. The molecule has 0 aromatic heterocycles. The Bertz CT molecular complexity index is 880. The van der Waals surface area contributed by atoms with E-state index in [0.717, 1.165) is 5.56 Å². The maximum atomic E-state index is 13.0. The summed E-state index contributed by atoms with van der Waals surface area (Å²) in [5.74, 6) is 0.698. The molecular weight excluding hydrogens is 349 g/mol. The average molecular weight is 359 g/mol. The van der Waals surface area contributed by atoms with Gasteiger partial charge < -0.3 is 9.47 Å². The quantitative estimate of drug-likeness (QED) is 0.599. The van der Waals surface area contributed by atoms with Gasteiger partial charge in [0.2, 0.25) is 6.79 Å². The van der Waals surface area contributed by atoms with E-state index in [1.807, 2.05) is 0 Å². The number of carbonyl (C=O) groups is 1. The van der Waals surface area contributed by atoms with Crippen molar-refractivity contribution in [2.45, 2.75) is 0 Å². The van der Waals surface area contributed by atoms with Crippen LogP contribution in [0.4, 0.5) is 10.1 Å². The number of hydrogen-bond donors (Lipinski definition) is 0. The summed E-state index contributed by atoms with van der Waals surface area (Å²) in [7, 11) is 0. The van der Waals surface area contributed by atoms with Gasteiger partial charge in [-0.05, 0) is 35.9 Å². The molecule has 2 aliphatic rings. The summed E-state index contributed by atoms with van der Waals surface area (Å²) < 4.78 is 24.0. The van der Waals surface area contributed by atoms with Crippen molar-refractivity contribution in [3.63, 3.8) is 0 Å². The summed E-state index contributed by atoms with van der Waals surface area (Å²) in [6.45, 7) is 0.168. The SMILES string of the molecule is O=C1C(=Cc2ccc(F)cc2)SC(=S)N1c1ccc2c(c1)OCO2. The smallest absolute Gasteiger partial charge is 0.270 e. The van der Waals surface area contributed by atoms with Gasteiger partial charge in [-0.15, -0.1) is 0 Å². The number of hydrogen-bond acceptors (Lipinski definition) is 5. The maximum absolute atomic E-state index is 13.0. The zero-order valence-corrected chi connectivity index (χ0v) is 13.8. The Morgan fingerprint density at radius 3 is 2.67 bits per heavy atom. The topological polar surface area (TPSA) is 38.8 Å². The van der Waals surface area contributed by atoms with Crippen molar-refractivity contribution in [1.82, 2.24) is 0 Å². The molecule has 0 N–H and O–H groups in total. The first-order valence-electron chi connectivity index (χ1n) is 7.05. The number of thiocarbonyl (C=S) groups is 1. The Hall–Kier alpha value is -2.38. The minimum absolute atomic E-state index is 0.168. The van der Waals surface area contributed by atoms with Gasteiger partial charge in [-0.3, -0.25) is 9.69 Å². The lowest BCUT2D eigenvalue weighted by atomic mass is 10.2. The molecule has 0 radical (unpaired) electrons. The normalized spacial score (nSPS) is 17.9. The molecule has 7 heteroatoms. The minimum atomic E-state index is -0.319. The van der Waals surface area contributed by atoms with Crippen molar-refractivity contribution in [2.24, 2.45) is 0 Å². The van der Waals surface area contributed by atoms with Crippen LogP contribution in [-0.4, -0.2) is 17.0 Å². The fourth-order valence-corrected chi connectivity index (χ4v) is 3.72. The van der Waals surface area contributed by atoms with Gasteiger partial charge in [0.25, 0.3) is 5.91 Å². The van der Waals surface area contributed by atoms with Crippen molar-refractivity contribution < 1.29 is 18.7 Å². The Labute approximate surface area is 146 Å². The van der Waals surface area contributed by atoms with E-state index in [0.29, 0.717) is 26.4 Å². The summed E-state index contributed by atoms with van der Waals surface area (Å²) in [5.41, 5.74) is 1.37. The first-order chi connectivity index (χ1) is 11.6. The fourth-order valence-electron chi connectivity index (χ4n) is 2.43. The molecule has 2 aliphatic heterocycles. The molecule has 0 aliphatic carbocycles. The highest BCUT2D eigenvalue weighted by atomic mass is 32.2. The van der Waals surface area contributed by atoms with E-state index in [1.54, 1.807) is 36.4 Å². The maximum Gasteiger partial charge on any atom is 0.270 e. The Morgan fingerprint density at radius 1 is 1.12 bits per heavy atom. The third kappa shape index (κ3) is 2.65. The number of carbonyl (C=O) groups excluding carboxylic acids is 1. The van der Waals surface area contributed by atoms with Crippen LogP contribution >= 0.6 is 24.0 Å². The van der Waals surface area contributed by atoms with Gasteiger partial charge in [0.05, 0.1) is 10.6 Å². The van der Waals surface area contributed by atoms with E-state index in [2.05, 4.69) is 0 Å². The van der Waals surface area contributed by atoms with E-state index in [1.165, 1.54) is 28.8 Å². The zero-order valence-electron chi connectivity index (χ0n) is 12.2. The van der Waals surface area contributed by atoms with Crippen molar-refractivity contribution in [1.29, 1.82) is 0 Å². The van der Waals surface area contributed by atoms with Crippen molar-refractivity contribution in [3.05, 3.63) is 58.8 Å². The second-order valence-electron chi connectivity index (χ2n) is 5.11. The molecular formula is C17H10FNO3S2. The van der Waals surface area contributed by atoms with Gasteiger partial charge in [0.15, 0.2) is 15.8 Å². The Balaban J connectivity index is 1.65. The number of benzene rings is 2. The minimum Gasteiger partial charge on any atom is -0.454 e. The lowest BCUT2D eigenvalue weighted by molar-refractivity contribution is -0.113. The molecule has 4 nitrogen and oxygen atoms in total. The van der Waals surface area contributed by atoms with E-state index >= 15 is 0 Å². The van der Waals surface area contributed by atoms with Crippen LogP contribution < -0.4 is 14.4 Å². The van der Waals surface area contributed by atoms with Crippen LogP contribution in [0.25, 0.3) is 6.08 Å². The predicted molar refractivity (Wildman–Crippen MR) is 94.6 cm³/mol. The number of nitrogens with zero attached hydrogens (tertiary/aromatic N) is 1. The zero-order chi connectivity index (χ0) is 16.7. The lowest BCUT2D eigenvalue weighted by Crippen LogP contribution is -2.27. The van der Waals surface area contributed by atoms with Gasteiger partial charge in [-0.1, -0.05) is 36.1 Å². The van der Waals surface area contributed by atoms with Gasteiger partial charge in [0.1, 0.15) is 5.82 Å². The molecule has 1 fully saturated rings. The second kappa shape index (κ2) is 5.92. The van der Waals surface area contributed by atoms with Crippen molar-refractivity contribution in [2.75, 3.05) is 11.7 Å². The number of fused-ring (bicyclic) bond motifs is 1. The van der Waals surface area contributed by atoms with Gasteiger partial charge in [0, 0.05) is 6.07 Å². The third-order valence-corrected chi connectivity index (χ3v) is 4.88. The number of amides is 1. The van der Waals surface area contributed by atoms with E-state index in [9.17, 15) is 9.18 Å². The van der Waals surface area contributed by atoms with Crippen LogP contribution in [0.5, 0.6) is 11.5 Å². The molecule has 4 rings (SSSR count). The van der Waals surface area contributed by atoms with Crippen LogP contribution in [0.2, 0.25) is 0 Å². The fraction of sp³-hybridized carbons (Fsp3) is 0.0588. The van der Waals surface area contributed by atoms with Gasteiger partial charge in [-0.2, -0.15) is 0 Å². The molecule has 0 bridgehead atoms. The molecule has 24 heavy (non-hydrogen) atoms. The molecule has 1 saturated heterocycles. The molecule has 2 aromatic carbocycles. The van der Waals surface area contributed by atoms with E-state index in [-0.39, 0.29) is 18.5 Å². The van der Waals surface area contributed by atoms with Crippen LogP contribution in [0.15, 0.2) is 47.4 Å². The molecule has 120 valence electrons. The second-order valence-corrected chi connectivity index (χ2v) is 6.78.